The molecule has 1 aromatic rings. The molecule has 0 heterocycles. The van der Waals surface area contributed by atoms with Crippen LogP contribution in [0.5, 0.6) is 0 Å². The average molecular weight is 359 g/mol. The zero-order valence-corrected chi connectivity index (χ0v) is 14.3. The predicted molar refractivity (Wildman–Crippen MR) is 91.1 cm³/mol. The second-order valence-corrected chi connectivity index (χ2v) is 6.73. The van der Waals surface area contributed by atoms with Gasteiger partial charge in [0.1, 0.15) is 6.04 Å². The minimum Gasteiger partial charge on any atom is -0.481 e. The van der Waals surface area contributed by atoms with Crippen LogP contribution in [0.1, 0.15) is 32.6 Å². The molecule has 1 aromatic carbocycles. The lowest BCUT2D eigenvalue weighted by atomic mass is 9.86. The van der Waals surface area contributed by atoms with Gasteiger partial charge < -0.3 is 15.7 Å². The number of carboxylic acid groups (broad SMARTS) is 1. The molecule has 0 bridgehead atoms. The van der Waals surface area contributed by atoms with E-state index in [-0.39, 0.29) is 17.9 Å². The van der Waals surface area contributed by atoms with Gasteiger partial charge in [0.15, 0.2) is 0 Å². The molecule has 1 saturated carbocycles. The summed E-state index contributed by atoms with van der Waals surface area (Å²) in [6, 6.07) is 4.62. The minimum atomic E-state index is -0.748. The molecule has 1 aliphatic rings. The number of carbonyl (C=O) groups is 2. The third-order valence-electron chi connectivity index (χ3n) is 4.12. The highest BCUT2D eigenvalue weighted by Gasteiger charge is 2.27. The van der Waals surface area contributed by atoms with Gasteiger partial charge in [-0.25, -0.2) is 0 Å². The third kappa shape index (κ3) is 5.01. The van der Waals surface area contributed by atoms with E-state index in [1.165, 1.54) is 0 Å². The van der Waals surface area contributed by atoms with Crippen molar-refractivity contribution in [3.8, 4) is 0 Å². The van der Waals surface area contributed by atoms with Gasteiger partial charge in [-0.3, -0.25) is 9.59 Å². The Morgan fingerprint density at radius 2 is 1.87 bits per heavy atom. The molecular formula is C16H20Cl2N2O3. The summed E-state index contributed by atoms with van der Waals surface area (Å²) >= 11 is 11.9. The molecule has 0 saturated heterocycles. The lowest BCUT2D eigenvalue weighted by Gasteiger charge is -2.28. The highest BCUT2D eigenvalue weighted by molar-refractivity contribution is 6.36. The van der Waals surface area contributed by atoms with Crippen LogP contribution in [0, 0.1) is 5.92 Å². The molecule has 0 unspecified atom stereocenters. The summed E-state index contributed by atoms with van der Waals surface area (Å²) in [6.45, 7) is 1.75. The molecular weight excluding hydrogens is 339 g/mol. The molecule has 5 nitrogen and oxygen atoms in total. The Kier molecular flexibility index (Phi) is 6.13. The van der Waals surface area contributed by atoms with Crippen molar-refractivity contribution in [3.63, 3.8) is 0 Å². The number of amides is 1. The van der Waals surface area contributed by atoms with E-state index in [1.54, 1.807) is 25.1 Å². The molecule has 0 spiro atoms. The van der Waals surface area contributed by atoms with Gasteiger partial charge in [0.05, 0.1) is 16.6 Å². The monoisotopic (exact) mass is 358 g/mol. The van der Waals surface area contributed by atoms with Crippen molar-refractivity contribution in [1.82, 2.24) is 5.32 Å². The number of rotatable bonds is 5. The van der Waals surface area contributed by atoms with Crippen LogP contribution < -0.4 is 10.6 Å². The number of halogens is 2. The fraction of sp³-hybridized carbons (Fsp3) is 0.500. The lowest BCUT2D eigenvalue weighted by molar-refractivity contribution is -0.142. The molecule has 0 aliphatic heterocycles. The third-order valence-corrected chi connectivity index (χ3v) is 4.67. The van der Waals surface area contributed by atoms with Crippen molar-refractivity contribution in [2.45, 2.75) is 44.7 Å². The van der Waals surface area contributed by atoms with E-state index in [0.29, 0.717) is 41.4 Å². The van der Waals surface area contributed by atoms with Gasteiger partial charge in [-0.05, 0) is 50.8 Å². The maximum absolute atomic E-state index is 12.3. The maximum atomic E-state index is 12.3. The molecule has 1 amide bonds. The Balaban J connectivity index is 1.85. The number of aliphatic carboxylic acids is 1. The quantitative estimate of drug-likeness (QED) is 0.751. The molecule has 3 N–H and O–H groups in total. The maximum Gasteiger partial charge on any atom is 0.306 e. The van der Waals surface area contributed by atoms with E-state index >= 15 is 0 Å². The van der Waals surface area contributed by atoms with Gasteiger partial charge in [0.2, 0.25) is 5.91 Å². The summed E-state index contributed by atoms with van der Waals surface area (Å²) in [4.78, 5) is 23.2. The SMILES string of the molecule is C[C@@H](Nc1ccc(Cl)cc1Cl)C(=O)NC1CCC(C(=O)O)CC1. The topological polar surface area (TPSA) is 78.4 Å². The number of hydrogen-bond acceptors (Lipinski definition) is 3. The van der Waals surface area contributed by atoms with Crippen LogP contribution in [0.3, 0.4) is 0 Å². The van der Waals surface area contributed by atoms with Gasteiger partial charge in [0, 0.05) is 11.1 Å². The molecule has 1 aliphatic carbocycles. The van der Waals surface area contributed by atoms with Gasteiger partial charge in [-0.1, -0.05) is 23.2 Å². The Morgan fingerprint density at radius 1 is 1.22 bits per heavy atom. The van der Waals surface area contributed by atoms with Crippen molar-refractivity contribution in [2.75, 3.05) is 5.32 Å². The highest BCUT2D eigenvalue weighted by Crippen LogP contribution is 2.26. The second kappa shape index (κ2) is 7.88. The zero-order valence-electron chi connectivity index (χ0n) is 12.8. The lowest BCUT2D eigenvalue weighted by Crippen LogP contribution is -2.45. The number of carbonyl (C=O) groups excluding carboxylic acids is 1. The number of carboxylic acids is 1. The van der Waals surface area contributed by atoms with Crippen molar-refractivity contribution in [3.05, 3.63) is 28.2 Å². The van der Waals surface area contributed by atoms with Crippen LogP contribution in [0.2, 0.25) is 10.0 Å². The first-order valence-electron chi connectivity index (χ1n) is 7.61. The van der Waals surface area contributed by atoms with E-state index in [2.05, 4.69) is 10.6 Å². The fourth-order valence-corrected chi connectivity index (χ4v) is 3.18. The van der Waals surface area contributed by atoms with E-state index in [4.69, 9.17) is 28.3 Å². The normalized spacial score (nSPS) is 22.2. The Labute approximate surface area is 145 Å². The Hall–Kier alpha value is -1.46. The summed E-state index contributed by atoms with van der Waals surface area (Å²) in [5.41, 5.74) is 0.647. The number of nitrogens with one attached hydrogen (secondary N) is 2. The van der Waals surface area contributed by atoms with Crippen LogP contribution in [0.25, 0.3) is 0 Å². The average Bonchev–Trinajstić information content (AvgIpc) is 2.50. The van der Waals surface area contributed by atoms with Gasteiger partial charge in [-0.15, -0.1) is 0 Å². The van der Waals surface area contributed by atoms with Crippen LogP contribution in [0.15, 0.2) is 18.2 Å². The molecule has 2 rings (SSSR count). The van der Waals surface area contributed by atoms with Gasteiger partial charge >= 0.3 is 5.97 Å². The van der Waals surface area contributed by atoms with Crippen molar-refractivity contribution >= 4 is 40.8 Å². The van der Waals surface area contributed by atoms with E-state index in [9.17, 15) is 9.59 Å². The number of hydrogen-bond donors (Lipinski definition) is 3. The van der Waals surface area contributed by atoms with Crippen LogP contribution in [-0.4, -0.2) is 29.1 Å². The first-order valence-corrected chi connectivity index (χ1v) is 8.37. The van der Waals surface area contributed by atoms with Crippen LogP contribution in [0.4, 0.5) is 5.69 Å². The molecule has 0 aromatic heterocycles. The van der Waals surface area contributed by atoms with E-state index < -0.39 is 12.0 Å². The van der Waals surface area contributed by atoms with Gasteiger partial charge in [0.25, 0.3) is 0 Å². The predicted octanol–water partition coefficient (Wildman–Crippen LogP) is 3.55. The van der Waals surface area contributed by atoms with Gasteiger partial charge in [-0.2, -0.15) is 0 Å². The largest absolute Gasteiger partial charge is 0.481 e. The fourth-order valence-electron chi connectivity index (χ4n) is 2.72. The molecule has 126 valence electrons. The smallest absolute Gasteiger partial charge is 0.306 e. The Bertz CT molecular complexity index is 587. The highest BCUT2D eigenvalue weighted by atomic mass is 35.5. The number of benzene rings is 1. The summed E-state index contributed by atoms with van der Waals surface area (Å²) in [5, 5.41) is 16.0. The first-order chi connectivity index (χ1) is 10.9. The summed E-state index contributed by atoms with van der Waals surface area (Å²) < 4.78 is 0. The first kappa shape index (κ1) is 17.9. The van der Waals surface area contributed by atoms with Crippen LogP contribution >= 0.6 is 23.2 Å². The minimum absolute atomic E-state index is 0.0306. The van der Waals surface area contributed by atoms with E-state index in [0.717, 1.165) is 0 Å². The number of anilines is 1. The van der Waals surface area contributed by atoms with E-state index in [1.807, 2.05) is 0 Å². The standard InChI is InChI=1S/C16H20Cl2N2O3/c1-9(19-14-7-4-11(17)8-13(14)18)15(21)20-12-5-2-10(3-6-12)16(22)23/h4,7-10,12,19H,2-3,5-6H2,1H3,(H,20,21)(H,22,23)/t9-,10?,12?/m1/s1. The summed E-state index contributed by atoms with van der Waals surface area (Å²) in [6.07, 6.45) is 2.59. The summed E-state index contributed by atoms with van der Waals surface area (Å²) in [5.74, 6) is -1.16. The molecule has 7 heteroatoms. The molecule has 1 atom stereocenters. The van der Waals surface area contributed by atoms with Crippen molar-refractivity contribution in [1.29, 1.82) is 0 Å². The van der Waals surface area contributed by atoms with Crippen LogP contribution in [-0.2, 0) is 9.59 Å². The second-order valence-electron chi connectivity index (χ2n) is 5.89. The zero-order chi connectivity index (χ0) is 17.0. The molecule has 1 fully saturated rings. The molecule has 23 heavy (non-hydrogen) atoms. The van der Waals surface area contributed by atoms with Crippen molar-refractivity contribution < 1.29 is 14.7 Å². The van der Waals surface area contributed by atoms with Crippen molar-refractivity contribution in [2.24, 2.45) is 5.92 Å². The summed E-state index contributed by atoms with van der Waals surface area (Å²) in [7, 11) is 0. The Morgan fingerprint density at radius 3 is 2.43 bits per heavy atom. The molecule has 0 radical (unpaired) electrons.